The number of aromatic nitrogens is 1. The molecule has 4 aromatic rings. The molecule has 0 saturated carbocycles. The number of hydrogen-bond donors (Lipinski definition) is 2. The largest absolute Gasteiger partial charge is 0.667 e. The molecule has 0 spiro atoms. The van der Waals surface area contributed by atoms with Crippen molar-refractivity contribution in [3.05, 3.63) is 96.7 Å². The number of fused-ring (bicyclic) bond motifs is 1. The van der Waals surface area contributed by atoms with E-state index in [1.54, 1.807) is 0 Å². The van der Waals surface area contributed by atoms with Crippen LogP contribution in [0.1, 0.15) is 5.56 Å². The summed E-state index contributed by atoms with van der Waals surface area (Å²) in [6, 6.07) is 27.6. The van der Waals surface area contributed by atoms with Gasteiger partial charge in [0.1, 0.15) is 0 Å². The van der Waals surface area contributed by atoms with Crippen molar-refractivity contribution in [2.45, 2.75) is 12.5 Å². The van der Waals surface area contributed by atoms with Gasteiger partial charge in [-0.1, -0.05) is 78.9 Å². The molecule has 0 bridgehead atoms. The SMILES string of the molecule is O=C1O[B-](c2ccccc2)(c2ccccc2)N[C@H]1Cc1c[nH]c2ccccc12. The van der Waals surface area contributed by atoms with Gasteiger partial charge >= 0.3 is 0 Å². The average molecular weight is 367 g/mol. The number of aromatic amines is 1. The Kier molecular flexibility index (Phi) is 4.03. The Labute approximate surface area is 163 Å². The molecule has 1 atom stereocenters. The van der Waals surface area contributed by atoms with Gasteiger partial charge in [-0.25, -0.2) is 0 Å². The summed E-state index contributed by atoms with van der Waals surface area (Å²) in [7, 11) is 0. The summed E-state index contributed by atoms with van der Waals surface area (Å²) in [5.41, 5.74) is 4.14. The number of hydrogen-bond acceptors (Lipinski definition) is 3. The molecule has 5 heteroatoms. The van der Waals surface area contributed by atoms with Crippen LogP contribution >= 0.6 is 0 Å². The Balaban J connectivity index is 1.53. The molecule has 0 amide bonds. The van der Waals surface area contributed by atoms with Gasteiger partial charge in [-0.05, 0) is 18.1 Å². The lowest BCUT2D eigenvalue weighted by Crippen LogP contribution is -2.68. The van der Waals surface area contributed by atoms with Gasteiger partial charge in [0.15, 0.2) is 0 Å². The third-order valence-corrected chi connectivity index (χ3v) is 5.65. The van der Waals surface area contributed by atoms with Crippen molar-refractivity contribution >= 4 is 34.3 Å². The molecule has 0 unspecified atom stereocenters. The number of H-pyrrole nitrogens is 1. The van der Waals surface area contributed by atoms with Crippen molar-refractivity contribution in [3.63, 3.8) is 0 Å². The van der Waals surface area contributed by atoms with E-state index in [4.69, 9.17) is 4.65 Å². The second-order valence-corrected chi connectivity index (χ2v) is 7.33. The predicted molar refractivity (Wildman–Crippen MR) is 113 cm³/mol. The van der Waals surface area contributed by atoms with E-state index in [2.05, 4.69) is 16.3 Å². The Hall–Kier alpha value is -3.31. The van der Waals surface area contributed by atoms with Crippen molar-refractivity contribution < 1.29 is 9.45 Å². The number of para-hydroxylation sites is 1. The maximum atomic E-state index is 12.9. The van der Waals surface area contributed by atoms with E-state index in [0.717, 1.165) is 27.4 Å². The normalized spacial score (nSPS) is 18.3. The molecule has 138 valence electrons. The highest BCUT2D eigenvalue weighted by molar-refractivity contribution is 6.97. The lowest BCUT2D eigenvalue weighted by atomic mass is 9.42. The van der Waals surface area contributed by atoms with Crippen LogP contribution in [-0.2, 0) is 15.9 Å². The first-order valence-electron chi connectivity index (χ1n) is 9.58. The quantitative estimate of drug-likeness (QED) is 0.545. The molecule has 1 fully saturated rings. The smallest absolute Gasteiger partial charge is 0.293 e. The van der Waals surface area contributed by atoms with Crippen LogP contribution in [-0.4, -0.2) is 23.5 Å². The first-order chi connectivity index (χ1) is 13.8. The van der Waals surface area contributed by atoms with Crippen LogP contribution in [0.2, 0.25) is 0 Å². The van der Waals surface area contributed by atoms with Crippen molar-refractivity contribution in [1.82, 2.24) is 10.2 Å². The Morgan fingerprint density at radius 2 is 1.43 bits per heavy atom. The Bertz CT molecular complexity index is 1090. The second kappa shape index (κ2) is 6.70. The van der Waals surface area contributed by atoms with Crippen LogP contribution in [0.3, 0.4) is 0 Å². The molecule has 3 aromatic carbocycles. The molecule has 4 nitrogen and oxygen atoms in total. The van der Waals surface area contributed by atoms with Crippen LogP contribution in [0.25, 0.3) is 10.9 Å². The zero-order valence-corrected chi connectivity index (χ0v) is 15.3. The summed E-state index contributed by atoms with van der Waals surface area (Å²) in [4.78, 5) is 16.2. The fourth-order valence-electron chi connectivity index (χ4n) is 4.27. The van der Waals surface area contributed by atoms with Crippen LogP contribution in [0.15, 0.2) is 91.1 Å². The fourth-order valence-corrected chi connectivity index (χ4v) is 4.27. The maximum Gasteiger partial charge on any atom is 0.293 e. The van der Waals surface area contributed by atoms with Crippen molar-refractivity contribution in [1.29, 1.82) is 0 Å². The van der Waals surface area contributed by atoms with Crippen molar-refractivity contribution in [2.75, 3.05) is 0 Å². The minimum Gasteiger partial charge on any atom is -0.667 e. The lowest BCUT2D eigenvalue weighted by Gasteiger charge is -2.37. The summed E-state index contributed by atoms with van der Waals surface area (Å²) >= 11 is 0. The Morgan fingerprint density at radius 1 is 0.821 bits per heavy atom. The molecule has 28 heavy (non-hydrogen) atoms. The van der Waals surface area contributed by atoms with Gasteiger partial charge < -0.3 is 14.9 Å². The van der Waals surface area contributed by atoms with Crippen molar-refractivity contribution in [2.24, 2.45) is 0 Å². The molecule has 2 heterocycles. The maximum absolute atomic E-state index is 12.9. The molecular weight excluding hydrogens is 347 g/mol. The highest BCUT2D eigenvalue weighted by atomic mass is 16.5. The zero-order chi connectivity index (χ0) is 19.0. The highest BCUT2D eigenvalue weighted by Gasteiger charge is 2.43. The summed E-state index contributed by atoms with van der Waals surface area (Å²) in [6.07, 6.45) is 2.56. The van der Waals surface area contributed by atoms with Gasteiger partial charge in [0.05, 0.1) is 6.04 Å². The number of nitrogens with one attached hydrogen (secondary N) is 2. The van der Waals surface area contributed by atoms with Gasteiger partial charge in [0.2, 0.25) is 0 Å². The number of carbonyl (C=O) groups excluding carboxylic acids is 1. The molecule has 0 radical (unpaired) electrons. The third-order valence-electron chi connectivity index (χ3n) is 5.65. The van der Waals surface area contributed by atoms with Crippen molar-refractivity contribution in [3.8, 4) is 0 Å². The van der Waals surface area contributed by atoms with Gasteiger partial charge in [-0.15, -0.1) is 10.9 Å². The summed E-state index contributed by atoms with van der Waals surface area (Å²) in [5.74, 6) is -0.210. The first-order valence-corrected chi connectivity index (χ1v) is 9.58. The minimum atomic E-state index is -1.81. The molecule has 5 rings (SSSR count). The molecule has 1 saturated heterocycles. The zero-order valence-electron chi connectivity index (χ0n) is 15.3. The van der Waals surface area contributed by atoms with E-state index in [-0.39, 0.29) is 5.97 Å². The van der Waals surface area contributed by atoms with E-state index in [0.29, 0.717) is 6.42 Å². The summed E-state index contributed by atoms with van der Waals surface area (Å²) in [6.45, 7) is -1.81. The van der Waals surface area contributed by atoms with E-state index in [9.17, 15) is 4.79 Å². The van der Waals surface area contributed by atoms with Crippen LogP contribution in [0, 0.1) is 0 Å². The molecule has 0 aliphatic carbocycles. The van der Waals surface area contributed by atoms with Gasteiger partial charge in [0, 0.05) is 17.1 Å². The van der Waals surface area contributed by atoms with Gasteiger partial charge in [-0.2, -0.15) is 0 Å². The fraction of sp³-hybridized carbons (Fsp3) is 0.0870. The summed E-state index contributed by atoms with van der Waals surface area (Å²) < 4.78 is 6.10. The molecule has 2 N–H and O–H groups in total. The van der Waals surface area contributed by atoms with Crippen LogP contribution in [0.4, 0.5) is 0 Å². The molecule has 1 aromatic heterocycles. The minimum absolute atomic E-state index is 0.210. The second-order valence-electron chi connectivity index (χ2n) is 7.33. The lowest BCUT2D eigenvalue weighted by molar-refractivity contribution is -0.134. The van der Waals surface area contributed by atoms with Gasteiger partial charge in [-0.3, -0.25) is 4.79 Å². The first kappa shape index (κ1) is 16.8. The monoisotopic (exact) mass is 367 g/mol. The molecular formula is C23H20BN2O2-. The number of carbonyl (C=O) groups is 1. The molecule has 1 aliphatic heterocycles. The van der Waals surface area contributed by atoms with Crippen LogP contribution < -0.4 is 16.2 Å². The van der Waals surface area contributed by atoms with Crippen LogP contribution in [0.5, 0.6) is 0 Å². The van der Waals surface area contributed by atoms with E-state index < -0.39 is 12.5 Å². The van der Waals surface area contributed by atoms with Gasteiger partial charge in [0.25, 0.3) is 12.5 Å². The van der Waals surface area contributed by atoms with E-state index in [1.165, 1.54) is 0 Å². The Morgan fingerprint density at radius 3 is 2.11 bits per heavy atom. The summed E-state index contributed by atoms with van der Waals surface area (Å²) in [5, 5.41) is 4.71. The number of rotatable bonds is 4. The topological polar surface area (TPSA) is 54.1 Å². The average Bonchev–Trinajstić information content (AvgIpc) is 3.32. The standard InChI is InChI=1S/C23H20BN2O2/c27-23-22(15-17-16-25-21-14-8-7-13-20(17)21)26-24(28-23,18-9-3-1-4-10-18)19-11-5-2-6-12-19/h1-14,16,22,25-26H,15H2/q-1/t22-/m0/s1. The van der Waals surface area contributed by atoms with E-state index >= 15 is 0 Å². The van der Waals surface area contributed by atoms with E-state index in [1.807, 2.05) is 85.1 Å². The number of benzene rings is 3. The highest BCUT2D eigenvalue weighted by Crippen LogP contribution is 2.22. The third kappa shape index (κ3) is 2.72. The molecule has 1 aliphatic rings. The predicted octanol–water partition coefficient (Wildman–Crippen LogP) is 2.48.